The van der Waals surface area contributed by atoms with E-state index in [1.165, 1.54) is 5.57 Å². The lowest BCUT2D eigenvalue weighted by Gasteiger charge is -2.50. The van der Waals surface area contributed by atoms with E-state index in [0.29, 0.717) is 12.1 Å². The molecule has 3 heteroatoms. The number of carbonyl (C=O) groups is 1. The fourth-order valence-corrected chi connectivity index (χ4v) is 3.81. The highest BCUT2D eigenvalue weighted by atomic mass is 16.2. The van der Waals surface area contributed by atoms with Crippen LogP contribution in [-0.4, -0.2) is 47.4 Å². The van der Waals surface area contributed by atoms with Gasteiger partial charge in [-0.3, -0.25) is 9.69 Å². The van der Waals surface area contributed by atoms with Crippen LogP contribution < -0.4 is 0 Å². The van der Waals surface area contributed by atoms with Crippen LogP contribution in [0.15, 0.2) is 11.1 Å². The van der Waals surface area contributed by atoms with Crippen molar-refractivity contribution >= 4 is 5.91 Å². The minimum Gasteiger partial charge on any atom is -0.333 e. The van der Waals surface area contributed by atoms with Crippen LogP contribution in [0.3, 0.4) is 0 Å². The summed E-state index contributed by atoms with van der Waals surface area (Å²) in [6.45, 7) is 16.0. The van der Waals surface area contributed by atoms with Gasteiger partial charge in [0.15, 0.2) is 0 Å². The number of hydrogen-bond donors (Lipinski definition) is 0. The Labute approximate surface area is 117 Å². The molecule has 0 aromatic carbocycles. The predicted octanol–water partition coefficient (Wildman–Crippen LogP) is 2.67. The Bertz CT molecular complexity index is 405. The van der Waals surface area contributed by atoms with Crippen molar-refractivity contribution in [1.29, 1.82) is 0 Å². The summed E-state index contributed by atoms with van der Waals surface area (Å²) in [5, 5.41) is 0. The summed E-state index contributed by atoms with van der Waals surface area (Å²) in [5.74, 6) is 0.282. The minimum atomic E-state index is 0.0110. The number of rotatable bonds is 1. The van der Waals surface area contributed by atoms with Crippen molar-refractivity contribution in [3.63, 3.8) is 0 Å². The minimum absolute atomic E-state index is 0.0110. The lowest BCUT2D eigenvalue weighted by molar-refractivity contribution is -0.138. The molecule has 2 aliphatic heterocycles. The zero-order chi connectivity index (χ0) is 14.4. The summed E-state index contributed by atoms with van der Waals surface area (Å²) in [5.41, 5.74) is 2.23. The monoisotopic (exact) mass is 264 g/mol. The molecule has 0 spiro atoms. The van der Waals surface area contributed by atoms with Crippen LogP contribution in [0.25, 0.3) is 0 Å². The van der Waals surface area contributed by atoms with E-state index in [0.717, 1.165) is 31.6 Å². The van der Waals surface area contributed by atoms with E-state index in [1.807, 2.05) is 0 Å². The Hall–Kier alpha value is -0.830. The molecular formula is C16H28N2O. The third kappa shape index (κ3) is 2.58. The molecule has 2 heterocycles. The smallest absolute Gasteiger partial charge is 0.250 e. The van der Waals surface area contributed by atoms with E-state index in [1.54, 1.807) is 0 Å². The first-order chi connectivity index (χ1) is 8.74. The molecule has 19 heavy (non-hydrogen) atoms. The van der Waals surface area contributed by atoms with Crippen molar-refractivity contribution in [2.24, 2.45) is 5.41 Å². The molecule has 0 N–H and O–H groups in total. The normalized spacial score (nSPS) is 27.7. The number of piperazine rings is 1. The molecule has 108 valence electrons. The SMILES string of the molecule is CC(C)=C1C(=O)N2CCN(C(C)C)CC2CC1(C)C. The maximum Gasteiger partial charge on any atom is 0.250 e. The van der Waals surface area contributed by atoms with Gasteiger partial charge < -0.3 is 4.90 Å². The first-order valence-corrected chi connectivity index (χ1v) is 7.47. The van der Waals surface area contributed by atoms with Crippen molar-refractivity contribution in [3.8, 4) is 0 Å². The topological polar surface area (TPSA) is 23.6 Å². The van der Waals surface area contributed by atoms with Gasteiger partial charge >= 0.3 is 0 Å². The zero-order valence-electron chi connectivity index (χ0n) is 13.3. The van der Waals surface area contributed by atoms with E-state index >= 15 is 0 Å². The van der Waals surface area contributed by atoms with Gasteiger partial charge in [-0.1, -0.05) is 19.4 Å². The molecule has 2 fully saturated rings. The molecular weight excluding hydrogens is 236 g/mol. The van der Waals surface area contributed by atoms with Gasteiger partial charge in [-0.25, -0.2) is 0 Å². The van der Waals surface area contributed by atoms with E-state index < -0.39 is 0 Å². The molecule has 0 saturated carbocycles. The average Bonchev–Trinajstić information content (AvgIpc) is 2.25. The molecule has 0 aliphatic carbocycles. The molecule has 1 unspecified atom stereocenters. The predicted molar refractivity (Wildman–Crippen MR) is 79.0 cm³/mol. The van der Waals surface area contributed by atoms with Crippen molar-refractivity contribution in [3.05, 3.63) is 11.1 Å². The standard InChI is InChI=1S/C16H28N2O/c1-11(2)14-15(19)18-8-7-17(12(3)4)10-13(18)9-16(14,5)6/h12-13H,7-10H2,1-6H3. The Balaban J connectivity index is 2.26. The molecule has 0 radical (unpaired) electrons. The highest BCUT2D eigenvalue weighted by Gasteiger charge is 2.45. The summed E-state index contributed by atoms with van der Waals surface area (Å²) >= 11 is 0. The lowest BCUT2D eigenvalue weighted by Crippen LogP contribution is -2.61. The Morgan fingerprint density at radius 2 is 1.89 bits per heavy atom. The second kappa shape index (κ2) is 4.93. The quantitative estimate of drug-likeness (QED) is 0.680. The van der Waals surface area contributed by atoms with Gasteiger partial charge in [0.1, 0.15) is 0 Å². The van der Waals surface area contributed by atoms with E-state index in [-0.39, 0.29) is 11.3 Å². The van der Waals surface area contributed by atoms with E-state index in [9.17, 15) is 4.79 Å². The fraction of sp³-hybridized carbons (Fsp3) is 0.812. The second-order valence-corrected chi connectivity index (χ2v) is 7.20. The fourth-order valence-electron chi connectivity index (χ4n) is 3.81. The van der Waals surface area contributed by atoms with Crippen LogP contribution in [0, 0.1) is 5.41 Å². The molecule has 2 saturated heterocycles. The maximum absolute atomic E-state index is 12.7. The van der Waals surface area contributed by atoms with Crippen molar-refractivity contribution in [2.45, 2.75) is 60.0 Å². The molecule has 2 rings (SSSR count). The van der Waals surface area contributed by atoms with Crippen LogP contribution >= 0.6 is 0 Å². The molecule has 0 aromatic heterocycles. The Morgan fingerprint density at radius 1 is 1.26 bits per heavy atom. The molecule has 0 bridgehead atoms. The zero-order valence-corrected chi connectivity index (χ0v) is 13.3. The van der Waals surface area contributed by atoms with Crippen molar-refractivity contribution in [2.75, 3.05) is 19.6 Å². The Morgan fingerprint density at radius 3 is 2.42 bits per heavy atom. The Kier molecular flexibility index (Phi) is 3.78. The highest BCUT2D eigenvalue weighted by molar-refractivity contribution is 5.96. The third-order valence-corrected chi connectivity index (χ3v) is 4.64. The van der Waals surface area contributed by atoms with Crippen LogP contribution in [0.2, 0.25) is 0 Å². The van der Waals surface area contributed by atoms with Crippen molar-refractivity contribution < 1.29 is 4.79 Å². The first kappa shape index (κ1) is 14.6. The highest BCUT2D eigenvalue weighted by Crippen LogP contribution is 2.41. The second-order valence-electron chi connectivity index (χ2n) is 7.20. The van der Waals surface area contributed by atoms with E-state index in [2.05, 4.69) is 51.3 Å². The number of piperidine rings is 1. The van der Waals surface area contributed by atoms with Gasteiger partial charge in [-0.15, -0.1) is 0 Å². The summed E-state index contributed by atoms with van der Waals surface area (Å²) in [6.07, 6.45) is 1.09. The van der Waals surface area contributed by atoms with Gasteiger partial charge in [-0.05, 0) is 39.5 Å². The number of hydrogen-bond acceptors (Lipinski definition) is 2. The molecule has 1 amide bonds. The van der Waals surface area contributed by atoms with Gasteiger partial charge in [-0.2, -0.15) is 0 Å². The first-order valence-electron chi connectivity index (χ1n) is 7.47. The number of nitrogens with zero attached hydrogens (tertiary/aromatic N) is 2. The number of fused-ring (bicyclic) bond motifs is 1. The van der Waals surface area contributed by atoms with Gasteiger partial charge in [0.05, 0.1) is 0 Å². The summed E-state index contributed by atoms with van der Waals surface area (Å²) in [6, 6.07) is 0.965. The summed E-state index contributed by atoms with van der Waals surface area (Å²) in [7, 11) is 0. The van der Waals surface area contributed by atoms with Crippen LogP contribution in [0.4, 0.5) is 0 Å². The van der Waals surface area contributed by atoms with E-state index in [4.69, 9.17) is 0 Å². The largest absolute Gasteiger partial charge is 0.333 e. The van der Waals surface area contributed by atoms with Gasteiger partial charge in [0.25, 0.3) is 5.91 Å². The van der Waals surface area contributed by atoms with Gasteiger partial charge in [0, 0.05) is 37.3 Å². The summed E-state index contributed by atoms with van der Waals surface area (Å²) < 4.78 is 0. The van der Waals surface area contributed by atoms with Crippen LogP contribution in [0.5, 0.6) is 0 Å². The van der Waals surface area contributed by atoms with Gasteiger partial charge in [0.2, 0.25) is 0 Å². The van der Waals surface area contributed by atoms with Crippen LogP contribution in [-0.2, 0) is 4.79 Å². The third-order valence-electron chi connectivity index (χ3n) is 4.64. The number of carbonyl (C=O) groups excluding carboxylic acids is 1. The lowest BCUT2D eigenvalue weighted by atomic mass is 9.72. The molecule has 2 aliphatic rings. The molecule has 1 atom stereocenters. The average molecular weight is 264 g/mol. The maximum atomic E-state index is 12.7. The summed E-state index contributed by atoms with van der Waals surface area (Å²) in [4.78, 5) is 17.4. The number of amides is 1. The van der Waals surface area contributed by atoms with Crippen molar-refractivity contribution in [1.82, 2.24) is 9.80 Å². The molecule has 3 nitrogen and oxygen atoms in total. The number of allylic oxidation sites excluding steroid dienone is 1. The van der Waals surface area contributed by atoms with Crippen LogP contribution in [0.1, 0.15) is 48.0 Å². The molecule has 0 aromatic rings.